The first-order chi connectivity index (χ1) is 6.09. The molecule has 0 aliphatic heterocycles. The van der Waals surface area contributed by atoms with E-state index in [1.165, 1.54) is 11.1 Å². The Labute approximate surface area is 87.9 Å². The van der Waals surface area contributed by atoms with E-state index in [-0.39, 0.29) is 6.10 Å². The van der Waals surface area contributed by atoms with E-state index in [1.54, 1.807) is 0 Å². The Bertz CT molecular complexity index is 281. The third-order valence-electron chi connectivity index (χ3n) is 2.04. The van der Waals surface area contributed by atoms with Crippen molar-refractivity contribution in [1.82, 2.24) is 0 Å². The van der Waals surface area contributed by atoms with Crippen molar-refractivity contribution in [2.24, 2.45) is 0 Å². The van der Waals surface area contributed by atoms with Gasteiger partial charge in [-0.25, -0.2) is 0 Å². The Morgan fingerprint density at radius 3 is 2.69 bits per heavy atom. The van der Waals surface area contributed by atoms with Crippen molar-refractivity contribution in [1.29, 1.82) is 0 Å². The van der Waals surface area contributed by atoms with Crippen LogP contribution < -0.4 is 0 Å². The molecule has 0 saturated carbocycles. The molecule has 0 aliphatic carbocycles. The zero-order valence-electron chi connectivity index (χ0n) is 8.05. The van der Waals surface area contributed by atoms with Gasteiger partial charge in [-0.05, 0) is 43.9 Å². The van der Waals surface area contributed by atoms with Gasteiger partial charge in [-0.15, -0.1) is 0 Å². The average molecular weight is 243 g/mol. The summed E-state index contributed by atoms with van der Waals surface area (Å²) in [5.41, 5.74) is 2.53. The maximum absolute atomic E-state index is 9.14. The summed E-state index contributed by atoms with van der Waals surface area (Å²) >= 11 is 3.52. The molecule has 1 N–H and O–H groups in total. The van der Waals surface area contributed by atoms with Gasteiger partial charge in [0.05, 0.1) is 6.10 Å². The first-order valence-electron chi connectivity index (χ1n) is 4.52. The molecule has 13 heavy (non-hydrogen) atoms. The summed E-state index contributed by atoms with van der Waals surface area (Å²) in [6.45, 7) is 3.89. The second-order valence-corrected chi connectivity index (χ2v) is 4.34. The summed E-state index contributed by atoms with van der Waals surface area (Å²) in [5, 5.41) is 9.14. The second kappa shape index (κ2) is 4.77. The van der Waals surface area contributed by atoms with Crippen LogP contribution in [-0.2, 0) is 6.42 Å². The molecule has 0 bridgehead atoms. The summed E-state index contributed by atoms with van der Waals surface area (Å²) in [5.74, 6) is 0. The van der Waals surface area contributed by atoms with E-state index >= 15 is 0 Å². The number of rotatable bonds is 3. The normalized spacial score (nSPS) is 12.9. The van der Waals surface area contributed by atoms with Crippen LogP contribution in [0, 0.1) is 6.92 Å². The van der Waals surface area contributed by atoms with Crippen LogP contribution in [0.3, 0.4) is 0 Å². The van der Waals surface area contributed by atoms with E-state index in [0.717, 1.165) is 17.3 Å². The van der Waals surface area contributed by atoms with Crippen molar-refractivity contribution in [3.8, 4) is 0 Å². The summed E-state index contributed by atoms with van der Waals surface area (Å²) in [6.07, 6.45) is 1.54. The quantitative estimate of drug-likeness (QED) is 0.864. The van der Waals surface area contributed by atoms with E-state index in [1.807, 2.05) is 6.92 Å². The molecule has 0 heterocycles. The SMILES string of the molecule is Cc1ccc(CC[C@H](C)O)c(Br)c1. The fraction of sp³-hybridized carbons (Fsp3) is 0.455. The molecule has 1 aromatic carbocycles. The number of aliphatic hydroxyl groups excluding tert-OH is 1. The number of aryl methyl sites for hydroxylation is 2. The van der Waals surface area contributed by atoms with Crippen molar-refractivity contribution in [2.75, 3.05) is 0 Å². The van der Waals surface area contributed by atoms with Crippen LogP contribution in [0.4, 0.5) is 0 Å². The highest BCUT2D eigenvalue weighted by Gasteiger charge is 2.01. The van der Waals surface area contributed by atoms with Gasteiger partial charge < -0.3 is 5.11 Å². The van der Waals surface area contributed by atoms with Crippen LogP contribution in [0.15, 0.2) is 22.7 Å². The Balaban J connectivity index is 2.67. The minimum absolute atomic E-state index is 0.215. The molecule has 0 fully saturated rings. The number of halogens is 1. The van der Waals surface area contributed by atoms with Crippen LogP contribution >= 0.6 is 15.9 Å². The first-order valence-corrected chi connectivity index (χ1v) is 5.32. The minimum atomic E-state index is -0.215. The van der Waals surface area contributed by atoms with Crippen molar-refractivity contribution in [3.63, 3.8) is 0 Å². The summed E-state index contributed by atoms with van der Waals surface area (Å²) in [4.78, 5) is 0. The molecule has 0 saturated heterocycles. The maximum atomic E-state index is 9.14. The monoisotopic (exact) mass is 242 g/mol. The topological polar surface area (TPSA) is 20.2 Å². The summed E-state index contributed by atoms with van der Waals surface area (Å²) < 4.78 is 1.15. The molecule has 72 valence electrons. The number of benzene rings is 1. The molecule has 1 atom stereocenters. The lowest BCUT2D eigenvalue weighted by Gasteiger charge is -2.06. The third-order valence-corrected chi connectivity index (χ3v) is 2.78. The standard InChI is InChI=1S/C11H15BrO/c1-8-3-5-10(11(12)7-8)6-4-9(2)13/h3,5,7,9,13H,4,6H2,1-2H3/t9-/m0/s1. The van der Waals surface area contributed by atoms with Crippen LogP contribution in [-0.4, -0.2) is 11.2 Å². The van der Waals surface area contributed by atoms with Gasteiger partial charge in [0.1, 0.15) is 0 Å². The highest BCUT2D eigenvalue weighted by Crippen LogP contribution is 2.20. The maximum Gasteiger partial charge on any atom is 0.0515 e. The van der Waals surface area contributed by atoms with Crippen LogP contribution in [0.25, 0.3) is 0 Å². The molecule has 0 unspecified atom stereocenters. The Kier molecular flexibility index (Phi) is 3.94. The highest BCUT2D eigenvalue weighted by atomic mass is 79.9. The van der Waals surface area contributed by atoms with Crippen LogP contribution in [0.5, 0.6) is 0 Å². The van der Waals surface area contributed by atoms with E-state index in [2.05, 4.69) is 41.1 Å². The minimum Gasteiger partial charge on any atom is -0.393 e. The summed E-state index contributed by atoms with van der Waals surface area (Å²) in [7, 11) is 0. The average Bonchev–Trinajstić information content (AvgIpc) is 2.02. The molecular formula is C11H15BrO. The highest BCUT2D eigenvalue weighted by molar-refractivity contribution is 9.10. The molecule has 0 radical (unpaired) electrons. The van der Waals surface area contributed by atoms with Gasteiger partial charge in [-0.1, -0.05) is 28.1 Å². The third kappa shape index (κ3) is 3.49. The first kappa shape index (κ1) is 10.7. The lowest BCUT2D eigenvalue weighted by molar-refractivity contribution is 0.185. The Morgan fingerprint density at radius 2 is 2.15 bits per heavy atom. The molecule has 1 rings (SSSR count). The van der Waals surface area contributed by atoms with Crippen LogP contribution in [0.1, 0.15) is 24.5 Å². The molecule has 1 nitrogen and oxygen atoms in total. The van der Waals surface area contributed by atoms with Crippen molar-refractivity contribution in [2.45, 2.75) is 32.8 Å². The molecule has 0 aliphatic rings. The van der Waals surface area contributed by atoms with Gasteiger partial charge in [0, 0.05) is 4.47 Å². The van der Waals surface area contributed by atoms with E-state index in [0.29, 0.717) is 0 Å². The second-order valence-electron chi connectivity index (χ2n) is 3.48. The molecular weight excluding hydrogens is 228 g/mol. The van der Waals surface area contributed by atoms with Gasteiger partial charge >= 0.3 is 0 Å². The Hall–Kier alpha value is -0.340. The van der Waals surface area contributed by atoms with Gasteiger partial charge in [0.25, 0.3) is 0 Å². The number of aliphatic hydroxyl groups is 1. The molecule has 0 spiro atoms. The fourth-order valence-corrected chi connectivity index (χ4v) is 1.91. The largest absolute Gasteiger partial charge is 0.393 e. The smallest absolute Gasteiger partial charge is 0.0515 e. The number of hydrogen-bond donors (Lipinski definition) is 1. The van der Waals surface area contributed by atoms with E-state index in [9.17, 15) is 0 Å². The van der Waals surface area contributed by atoms with Crippen molar-refractivity contribution < 1.29 is 5.11 Å². The van der Waals surface area contributed by atoms with E-state index < -0.39 is 0 Å². The zero-order chi connectivity index (χ0) is 9.84. The van der Waals surface area contributed by atoms with E-state index in [4.69, 9.17) is 5.11 Å². The Morgan fingerprint density at radius 1 is 1.46 bits per heavy atom. The van der Waals surface area contributed by atoms with Gasteiger partial charge in [0.15, 0.2) is 0 Å². The van der Waals surface area contributed by atoms with Crippen molar-refractivity contribution in [3.05, 3.63) is 33.8 Å². The number of hydrogen-bond acceptors (Lipinski definition) is 1. The predicted octanol–water partition coefficient (Wildman–Crippen LogP) is 3.07. The lowest BCUT2D eigenvalue weighted by Crippen LogP contribution is -2.01. The van der Waals surface area contributed by atoms with Crippen LogP contribution in [0.2, 0.25) is 0 Å². The molecule has 2 heteroatoms. The fourth-order valence-electron chi connectivity index (χ4n) is 1.22. The zero-order valence-corrected chi connectivity index (χ0v) is 9.63. The lowest BCUT2D eigenvalue weighted by atomic mass is 10.1. The molecule has 1 aromatic rings. The predicted molar refractivity (Wildman–Crippen MR) is 58.9 cm³/mol. The summed E-state index contributed by atoms with van der Waals surface area (Å²) in [6, 6.07) is 6.32. The van der Waals surface area contributed by atoms with Gasteiger partial charge in [-0.2, -0.15) is 0 Å². The van der Waals surface area contributed by atoms with Crippen molar-refractivity contribution >= 4 is 15.9 Å². The molecule has 0 aromatic heterocycles. The van der Waals surface area contributed by atoms with Gasteiger partial charge in [0.2, 0.25) is 0 Å². The molecule has 0 amide bonds. The van der Waals surface area contributed by atoms with Gasteiger partial charge in [-0.3, -0.25) is 0 Å².